The van der Waals surface area contributed by atoms with Crippen molar-refractivity contribution in [3.05, 3.63) is 73.4 Å². The van der Waals surface area contributed by atoms with Gasteiger partial charge >= 0.3 is 0 Å². The average molecular weight is 359 g/mol. The van der Waals surface area contributed by atoms with Gasteiger partial charge in [0.2, 0.25) is 0 Å². The van der Waals surface area contributed by atoms with Crippen LogP contribution in [0.5, 0.6) is 11.5 Å². The summed E-state index contributed by atoms with van der Waals surface area (Å²) in [7, 11) is 0. The first-order valence-electron chi connectivity index (χ1n) is 8.19. The third-order valence-corrected chi connectivity index (χ3v) is 3.90. The molecule has 4 rings (SSSR count). The quantitative estimate of drug-likeness (QED) is 0.370. The Morgan fingerprint density at radius 2 is 1.74 bits per heavy atom. The fourth-order valence-electron chi connectivity index (χ4n) is 2.52. The SMILES string of the molecule is NNc1cc(-c2cn(-c3ccc(Oc4ccccc4)cn3)cn2)ncc1N. The van der Waals surface area contributed by atoms with Gasteiger partial charge in [0.15, 0.2) is 0 Å². The van der Waals surface area contributed by atoms with Crippen LogP contribution >= 0.6 is 0 Å². The largest absolute Gasteiger partial charge is 0.456 e. The van der Waals surface area contributed by atoms with E-state index in [1.807, 2.05) is 48.7 Å². The first-order chi connectivity index (χ1) is 13.2. The van der Waals surface area contributed by atoms with Crippen LogP contribution in [0, 0.1) is 0 Å². The molecule has 134 valence electrons. The van der Waals surface area contributed by atoms with Gasteiger partial charge in [-0.3, -0.25) is 15.4 Å². The maximum absolute atomic E-state index is 5.79. The molecule has 0 radical (unpaired) electrons. The van der Waals surface area contributed by atoms with Crippen LogP contribution in [-0.4, -0.2) is 19.5 Å². The van der Waals surface area contributed by atoms with Gasteiger partial charge in [0.25, 0.3) is 0 Å². The summed E-state index contributed by atoms with van der Waals surface area (Å²) in [6.45, 7) is 0. The van der Waals surface area contributed by atoms with Crippen molar-refractivity contribution in [1.29, 1.82) is 0 Å². The number of hydrogen-bond acceptors (Lipinski definition) is 7. The number of nitrogens with zero attached hydrogens (tertiary/aromatic N) is 4. The maximum atomic E-state index is 5.79. The Balaban J connectivity index is 1.55. The van der Waals surface area contributed by atoms with Gasteiger partial charge in [-0.05, 0) is 30.3 Å². The molecule has 8 nitrogen and oxygen atoms in total. The number of hydrazine groups is 1. The summed E-state index contributed by atoms with van der Waals surface area (Å²) in [5, 5.41) is 0. The summed E-state index contributed by atoms with van der Waals surface area (Å²) >= 11 is 0. The molecular weight excluding hydrogens is 342 g/mol. The highest BCUT2D eigenvalue weighted by Gasteiger charge is 2.08. The van der Waals surface area contributed by atoms with Crippen LogP contribution in [0.4, 0.5) is 11.4 Å². The molecule has 5 N–H and O–H groups in total. The van der Waals surface area contributed by atoms with Crippen molar-refractivity contribution in [2.45, 2.75) is 0 Å². The first-order valence-corrected chi connectivity index (χ1v) is 8.19. The van der Waals surface area contributed by atoms with Gasteiger partial charge in [0.05, 0.1) is 29.5 Å². The van der Waals surface area contributed by atoms with Gasteiger partial charge < -0.3 is 15.9 Å². The number of pyridine rings is 2. The maximum Gasteiger partial charge on any atom is 0.145 e. The molecule has 3 heterocycles. The molecule has 0 amide bonds. The van der Waals surface area contributed by atoms with Gasteiger partial charge in [0.1, 0.15) is 29.3 Å². The molecule has 0 spiro atoms. The lowest BCUT2D eigenvalue weighted by Crippen LogP contribution is -2.09. The Morgan fingerprint density at radius 1 is 0.889 bits per heavy atom. The third-order valence-electron chi connectivity index (χ3n) is 3.90. The number of para-hydroxylation sites is 1. The number of rotatable bonds is 5. The molecule has 0 atom stereocenters. The normalized spacial score (nSPS) is 10.6. The topological polar surface area (TPSA) is 117 Å². The predicted octanol–water partition coefficient (Wildman–Crippen LogP) is 2.99. The number of nitrogen functional groups attached to an aromatic ring is 2. The van der Waals surface area contributed by atoms with Crippen molar-refractivity contribution < 1.29 is 4.74 Å². The molecular formula is C19H17N7O. The van der Waals surface area contributed by atoms with Crippen molar-refractivity contribution in [3.8, 4) is 28.7 Å². The molecule has 8 heteroatoms. The van der Waals surface area contributed by atoms with Crippen molar-refractivity contribution in [2.24, 2.45) is 5.84 Å². The molecule has 27 heavy (non-hydrogen) atoms. The Labute approximate surface area is 155 Å². The zero-order valence-corrected chi connectivity index (χ0v) is 14.3. The monoisotopic (exact) mass is 359 g/mol. The lowest BCUT2D eigenvalue weighted by molar-refractivity contribution is 0.480. The van der Waals surface area contributed by atoms with E-state index in [-0.39, 0.29) is 0 Å². The Morgan fingerprint density at radius 3 is 2.48 bits per heavy atom. The molecule has 0 unspecified atom stereocenters. The molecule has 3 aromatic heterocycles. The van der Waals surface area contributed by atoms with Crippen LogP contribution < -0.4 is 21.7 Å². The van der Waals surface area contributed by atoms with E-state index in [1.165, 1.54) is 6.20 Å². The summed E-state index contributed by atoms with van der Waals surface area (Å²) in [5.74, 6) is 7.58. The molecule has 0 saturated carbocycles. The van der Waals surface area contributed by atoms with Crippen molar-refractivity contribution in [1.82, 2.24) is 19.5 Å². The molecule has 0 fully saturated rings. The second-order valence-electron chi connectivity index (χ2n) is 5.73. The second kappa shape index (κ2) is 7.14. The van der Waals surface area contributed by atoms with E-state index < -0.39 is 0 Å². The summed E-state index contributed by atoms with van der Waals surface area (Å²) in [5.41, 5.74) is 10.7. The zero-order valence-electron chi connectivity index (χ0n) is 14.3. The molecule has 1 aromatic carbocycles. The highest BCUT2D eigenvalue weighted by Crippen LogP contribution is 2.24. The summed E-state index contributed by atoms with van der Waals surface area (Å²) in [6.07, 6.45) is 6.71. The zero-order chi connectivity index (χ0) is 18.6. The molecule has 0 bridgehead atoms. The first kappa shape index (κ1) is 16.6. The molecule has 0 aliphatic carbocycles. The third kappa shape index (κ3) is 3.55. The van der Waals surface area contributed by atoms with Gasteiger partial charge in [-0.2, -0.15) is 0 Å². The molecule has 0 saturated heterocycles. The Kier molecular flexibility index (Phi) is 4.38. The van der Waals surface area contributed by atoms with E-state index in [9.17, 15) is 0 Å². The van der Waals surface area contributed by atoms with Gasteiger partial charge in [-0.15, -0.1) is 0 Å². The van der Waals surface area contributed by atoms with E-state index in [2.05, 4.69) is 20.4 Å². The summed E-state index contributed by atoms with van der Waals surface area (Å²) in [4.78, 5) is 13.1. The number of ether oxygens (including phenoxy) is 1. The van der Waals surface area contributed by atoms with Crippen LogP contribution in [0.25, 0.3) is 17.2 Å². The minimum Gasteiger partial charge on any atom is -0.456 e. The van der Waals surface area contributed by atoms with E-state index >= 15 is 0 Å². The smallest absolute Gasteiger partial charge is 0.145 e. The van der Waals surface area contributed by atoms with Crippen LogP contribution in [0.15, 0.2) is 73.4 Å². The molecule has 4 aromatic rings. The fourth-order valence-corrected chi connectivity index (χ4v) is 2.52. The van der Waals surface area contributed by atoms with Gasteiger partial charge in [-0.1, -0.05) is 18.2 Å². The van der Waals surface area contributed by atoms with E-state index in [1.54, 1.807) is 23.2 Å². The average Bonchev–Trinajstić information content (AvgIpc) is 3.20. The van der Waals surface area contributed by atoms with Crippen molar-refractivity contribution >= 4 is 11.4 Å². The van der Waals surface area contributed by atoms with Crippen molar-refractivity contribution in [2.75, 3.05) is 11.2 Å². The Bertz CT molecular complexity index is 1050. The minimum absolute atomic E-state index is 0.469. The van der Waals surface area contributed by atoms with Gasteiger partial charge in [-0.25, -0.2) is 9.97 Å². The number of imidazole rings is 1. The van der Waals surface area contributed by atoms with Gasteiger partial charge in [0, 0.05) is 6.20 Å². The number of nitrogens with two attached hydrogens (primary N) is 2. The molecule has 0 aliphatic heterocycles. The number of hydrogen-bond donors (Lipinski definition) is 3. The van der Waals surface area contributed by atoms with Crippen LogP contribution in [0.3, 0.4) is 0 Å². The number of nitrogens with one attached hydrogen (secondary N) is 1. The standard InChI is InChI=1S/C19H17N7O/c20-15-10-22-17(8-16(15)25-21)18-11-26(12-24-18)19-7-6-14(9-23-19)27-13-4-2-1-3-5-13/h1-12H,20-21H2,(H,22,25). The van der Waals surface area contributed by atoms with Crippen LogP contribution in [0.1, 0.15) is 0 Å². The number of aromatic nitrogens is 4. The second-order valence-corrected chi connectivity index (χ2v) is 5.73. The van der Waals surface area contributed by atoms with Crippen molar-refractivity contribution in [3.63, 3.8) is 0 Å². The lowest BCUT2D eigenvalue weighted by atomic mass is 10.2. The van der Waals surface area contributed by atoms with Crippen LogP contribution in [0.2, 0.25) is 0 Å². The fraction of sp³-hybridized carbons (Fsp3) is 0. The highest BCUT2D eigenvalue weighted by molar-refractivity contribution is 5.70. The van der Waals surface area contributed by atoms with Crippen LogP contribution in [-0.2, 0) is 0 Å². The summed E-state index contributed by atoms with van der Waals surface area (Å²) < 4.78 is 7.55. The highest BCUT2D eigenvalue weighted by atomic mass is 16.5. The van der Waals surface area contributed by atoms with E-state index in [4.69, 9.17) is 16.3 Å². The predicted molar refractivity (Wildman–Crippen MR) is 103 cm³/mol. The minimum atomic E-state index is 0.469. The number of anilines is 2. The Hall–Kier alpha value is -3.91. The number of benzene rings is 1. The van der Waals surface area contributed by atoms with E-state index in [0.29, 0.717) is 34.3 Å². The van der Waals surface area contributed by atoms with E-state index in [0.717, 1.165) is 5.75 Å². The lowest BCUT2D eigenvalue weighted by Gasteiger charge is -2.06. The summed E-state index contributed by atoms with van der Waals surface area (Å²) in [6, 6.07) is 15.0. The molecule has 0 aliphatic rings.